The van der Waals surface area contributed by atoms with Crippen LogP contribution in [0.1, 0.15) is 29.8 Å². The van der Waals surface area contributed by atoms with Crippen LogP contribution in [0.2, 0.25) is 0 Å². The predicted octanol–water partition coefficient (Wildman–Crippen LogP) is 3.10. The van der Waals surface area contributed by atoms with Crippen LogP contribution in [0.5, 0.6) is 0 Å². The topological polar surface area (TPSA) is 59.1 Å². The van der Waals surface area contributed by atoms with E-state index in [0.29, 0.717) is 11.1 Å². The summed E-state index contributed by atoms with van der Waals surface area (Å²) in [7, 11) is 0. The average Bonchev–Trinajstić information content (AvgIpc) is 3.22. The van der Waals surface area contributed by atoms with Crippen LogP contribution < -0.4 is 16.0 Å². The predicted molar refractivity (Wildman–Crippen MR) is 94.8 cm³/mol. The lowest BCUT2D eigenvalue weighted by Gasteiger charge is -2.25. The summed E-state index contributed by atoms with van der Waals surface area (Å²) in [6.07, 6.45) is 7.51. The Labute approximate surface area is 148 Å². The normalized spacial score (nSPS) is 23.8. The fourth-order valence-corrected chi connectivity index (χ4v) is 4.37. The molecule has 3 heterocycles. The molecule has 0 aliphatic carbocycles. The molecule has 0 radical (unpaired) electrons. The van der Waals surface area contributed by atoms with E-state index in [-0.39, 0.29) is 5.56 Å². The zero-order chi connectivity index (χ0) is 17.4. The molecule has 3 N–H and O–H groups in total. The Balaban J connectivity index is 1.65. The Bertz CT molecular complexity index is 780. The molecule has 2 aliphatic heterocycles. The van der Waals surface area contributed by atoms with E-state index in [1.54, 1.807) is 17.3 Å². The van der Waals surface area contributed by atoms with Crippen molar-refractivity contribution >= 4 is 17.4 Å². The molecule has 2 atom stereocenters. The number of benzene rings is 1. The number of hydrogen-bond acceptors (Lipinski definition) is 5. The number of thioether (sulfide) groups is 1. The van der Waals surface area contributed by atoms with Crippen molar-refractivity contribution in [3.8, 4) is 0 Å². The highest BCUT2D eigenvalue weighted by Crippen LogP contribution is 2.45. The minimum absolute atomic E-state index is 0.0104. The first-order valence-corrected chi connectivity index (χ1v) is 9.12. The third kappa shape index (κ3) is 3.11. The summed E-state index contributed by atoms with van der Waals surface area (Å²) >= 11 is 1.23. The molecule has 0 amide bonds. The van der Waals surface area contributed by atoms with Crippen LogP contribution in [0.25, 0.3) is 0 Å². The zero-order valence-electron chi connectivity index (χ0n) is 13.5. The summed E-state index contributed by atoms with van der Waals surface area (Å²) < 4.78 is 30.4. The lowest BCUT2D eigenvalue weighted by Crippen LogP contribution is -2.31. The van der Waals surface area contributed by atoms with Gasteiger partial charge in [0.15, 0.2) is 0 Å². The van der Waals surface area contributed by atoms with E-state index < -0.39 is 17.0 Å². The van der Waals surface area contributed by atoms with Gasteiger partial charge in [-0.25, -0.2) is 8.78 Å². The van der Waals surface area contributed by atoms with Gasteiger partial charge in [-0.1, -0.05) is 17.8 Å². The largest absolute Gasteiger partial charge is 0.392 e. The van der Waals surface area contributed by atoms with Gasteiger partial charge in [-0.15, -0.1) is 0 Å². The van der Waals surface area contributed by atoms with Gasteiger partial charge in [0.05, 0.1) is 28.5 Å². The Morgan fingerprint density at radius 1 is 1.28 bits per heavy atom. The Hall–Kier alpha value is -2.06. The summed E-state index contributed by atoms with van der Waals surface area (Å²) in [5, 5.41) is 7.74. The van der Waals surface area contributed by atoms with E-state index in [0.717, 1.165) is 31.6 Å². The molecule has 1 fully saturated rings. The van der Waals surface area contributed by atoms with Gasteiger partial charge < -0.3 is 16.0 Å². The van der Waals surface area contributed by atoms with Crippen molar-refractivity contribution < 1.29 is 8.78 Å². The molecule has 0 saturated carbocycles. The average molecular weight is 363 g/mol. The minimum Gasteiger partial charge on any atom is -0.392 e. The number of aromatic nitrogens is 2. The summed E-state index contributed by atoms with van der Waals surface area (Å²) in [4.78, 5) is 1.78. The van der Waals surface area contributed by atoms with E-state index in [1.807, 2.05) is 10.9 Å². The third-order valence-electron chi connectivity index (χ3n) is 4.54. The number of nitrogens with one attached hydrogen (secondary N) is 1. The van der Waals surface area contributed by atoms with Crippen molar-refractivity contribution in [2.24, 2.45) is 5.73 Å². The maximum absolute atomic E-state index is 14.2. The van der Waals surface area contributed by atoms with E-state index in [1.165, 1.54) is 30.0 Å². The van der Waals surface area contributed by atoms with Crippen LogP contribution in [0.4, 0.5) is 14.5 Å². The second kappa shape index (κ2) is 6.68. The molecule has 132 valence electrons. The first kappa shape index (κ1) is 16.4. The number of halogens is 2. The quantitative estimate of drug-likeness (QED) is 0.878. The van der Waals surface area contributed by atoms with Gasteiger partial charge in [0.1, 0.15) is 17.0 Å². The first-order chi connectivity index (χ1) is 12.1. The van der Waals surface area contributed by atoms with Crippen LogP contribution in [0, 0.1) is 11.6 Å². The minimum atomic E-state index is -0.580. The Morgan fingerprint density at radius 3 is 2.80 bits per heavy atom. The van der Waals surface area contributed by atoms with Gasteiger partial charge in [0.25, 0.3) is 0 Å². The third-order valence-corrected chi connectivity index (χ3v) is 5.61. The van der Waals surface area contributed by atoms with E-state index >= 15 is 0 Å². The van der Waals surface area contributed by atoms with Crippen molar-refractivity contribution in [2.75, 3.05) is 18.0 Å². The molecule has 5 nitrogen and oxygen atoms in total. The zero-order valence-corrected chi connectivity index (χ0v) is 14.3. The standard InChI is InChI=1S/C17H19F2N5S/c18-13-4-1-5-14(19)16(13)17-23(10-15(20)25-17)12-8-22-24(9-12)11-3-2-6-21-7-11/h1,4-5,8-11,17,21H,2-3,6-7,20H2/t11?,17-/m0/s1. The van der Waals surface area contributed by atoms with E-state index in [4.69, 9.17) is 5.73 Å². The van der Waals surface area contributed by atoms with Crippen molar-refractivity contribution in [1.82, 2.24) is 15.1 Å². The number of rotatable bonds is 3. The van der Waals surface area contributed by atoms with Crippen molar-refractivity contribution in [3.63, 3.8) is 0 Å². The van der Waals surface area contributed by atoms with E-state index in [2.05, 4.69) is 10.4 Å². The SMILES string of the molecule is NC1=CN(c2cnn(C3CCCNC3)c2)[C@H](c2c(F)cccc2F)S1. The van der Waals surface area contributed by atoms with Crippen molar-refractivity contribution in [2.45, 2.75) is 24.3 Å². The fourth-order valence-electron chi connectivity index (χ4n) is 3.30. The fraction of sp³-hybridized carbons (Fsp3) is 0.353. The molecule has 4 rings (SSSR count). The van der Waals surface area contributed by atoms with Crippen molar-refractivity contribution in [3.05, 3.63) is 59.0 Å². The summed E-state index contributed by atoms with van der Waals surface area (Å²) in [6, 6.07) is 4.19. The number of nitrogens with zero attached hydrogens (tertiary/aromatic N) is 3. The van der Waals surface area contributed by atoms with Crippen LogP contribution in [0.15, 0.2) is 41.8 Å². The molecule has 0 bridgehead atoms. The molecule has 2 aliphatic rings. The molecule has 1 unspecified atom stereocenters. The van der Waals surface area contributed by atoms with Crippen LogP contribution in [-0.4, -0.2) is 22.9 Å². The van der Waals surface area contributed by atoms with Crippen molar-refractivity contribution in [1.29, 1.82) is 0 Å². The molecule has 0 spiro atoms. The van der Waals surface area contributed by atoms with Crippen LogP contribution in [-0.2, 0) is 0 Å². The summed E-state index contributed by atoms with van der Waals surface area (Å²) in [6.45, 7) is 1.90. The summed E-state index contributed by atoms with van der Waals surface area (Å²) in [5.74, 6) is -1.15. The van der Waals surface area contributed by atoms with Gasteiger partial charge in [-0.2, -0.15) is 5.10 Å². The number of anilines is 1. The molecule has 8 heteroatoms. The smallest absolute Gasteiger partial charge is 0.132 e. The number of piperidine rings is 1. The van der Waals surface area contributed by atoms with Gasteiger partial charge in [-0.05, 0) is 31.5 Å². The molecule has 2 aromatic rings. The number of hydrogen-bond donors (Lipinski definition) is 2. The van der Waals surface area contributed by atoms with E-state index in [9.17, 15) is 8.78 Å². The Kier molecular flexibility index (Phi) is 4.39. The second-order valence-electron chi connectivity index (χ2n) is 6.22. The monoisotopic (exact) mass is 363 g/mol. The Morgan fingerprint density at radius 2 is 2.08 bits per heavy atom. The lowest BCUT2D eigenvalue weighted by molar-refractivity contribution is 0.347. The van der Waals surface area contributed by atoms with Gasteiger partial charge in [-0.3, -0.25) is 4.68 Å². The molecule has 25 heavy (non-hydrogen) atoms. The maximum atomic E-state index is 14.2. The van der Waals surface area contributed by atoms with Gasteiger partial charge in [0, 0.05) is 18.9 Å². The number of nitrogens with two attached hydrogens (primary N) is 1. The lowest BCUT2D eigenvalue weighted by atomic mass is 10.1. The van der Waals surface area contributed by atoms with Gasteiger partial charge in [0.2, 0.25) is 0 Å². The highest BCUT2D eigenvalue weighted by Gasteiger charge is 2.32. The van der Waals surface area contributed by atoms with Crippen LogP contribution in [0.3, 0.4) is 0 Å². The second-order valence-corrected chi connectivity index (χ2v) is 7.38. The molecular formula is C17H19F2N5S. The van der Waals surface area contributed by atoms with Gasteiger partial charge >= 0.3 is 0 Å². The highest BCUT2D eigenvalue weighted by molar-refractivity contribution is 8.03. The maximum Gasteiger partial charge on any atom is 0.132 e. The molecule has 1 saturated heterocycles. The first-order valence-electron chi connectivity index (χ1n) is 8.24. The molecule has 1 aromatic heterocycles. The highest BCUT2D eigenvalue weighted by atomic mass is 32.2. The molecule has 1 aromatic carbocycles. The molecular weight excluding hydrogens is 344 g/mol. The van der Waals surface area contributed by atoms with Crippen LogP contribution >= 0.6 is 11.8 Å². The summed E-state index contributed by atoms with van der Waals surface area (Å²) in [5.41, 5.74) is 6.72.